The summed E-state index contributed by atoms with van der Waals surface area (Å²) < 4.78 is 5.00. The molecule has 7 heteroatoms. The minimum atomic E-state index is -0.907. The number of rotatable bonds is 5. The van der Waals surface area contributed by atoms with E-state index in [1.807, 2.05) is 12.1 Å². The van der Waals surface area contributed by atoms with Crippen molar-refractivity contribution in [1.29, 1.82) is 10.5 Å². The topological polar surface area (TPSA) is 101 Å². The lowest BCUT2D eigenvalue weighted by Crippen LogP contribution is -2.27. The van der Waals surface area contributed by atoms with Crippen LogP contribution in [-0.4, -0.2) is 54.4 Å². The highest BCUT2D eigenvalue weighted by molar-refractivity contribution is 5.66. The summed E-state index contributed by atoms with van der Waals surface area (Å²) in [6, 6.07) is 3.66. The van der Waals surface area contributed by atoms with Gasteiger partial charge in [-0.15, -0.1) is 0 Å². The fourth-order valence-corrected chi connectivity index (χ4v) is 1.82. The van der Waals surface area contributed by atoms with E-state index in [-0.39, 0.29) is 25.3 Å². The van der Waals surface area contributed by atoms with E-state index in [0.717, 1.165) is 0 Å². The maximum absolute atomic E-state index is 10.6. The van der Waals surface area contributed by atoms with Crippen LogP contribution in [0.1, 0.15) is 6.42 Å². The Morgan fingerprint density at radius 1 is 1.39 bits per heavy atom. The Kier molecular flexibility index (Phi) is 4.97. The first-order valence-corrected chi connectivity index (χ1v) is 5.39. The van der Waals surface area contributed by atoms with E-state index in [2.05, 4.69) is 0 Å². The molecule has 7 nitrogen and oxygen atoms in total. The van der Waals surface area contributed by atoms with Crippen molar-refractivity contribution in [2.24, 2.45) is 0 Å². The van der Waals surface area contributed by atoms with Crippen LogP contribution in [0.5, 0.6) is 0 Å². The van der Waals surface area contributed by atoms with Crippen LogP contribution in [0.3, 0.4) is 0 Å². The molecule has 0 spiro atoms. The van der Waals surface area contributed by atoms with Crippen molar-refractivity contribution in [1.82, 2.24) is 9.80 Å². The molecule has 0 bridgehead atoms. The molecule has 1 saturated heterocycles. The smallest absolute Gasteiger partial charge is 0.305 e. The van der Waals surface area contributed by atoms with Gasteiger partial charge < -0.3 is 19.6 Å². The summed E-state index contributed by atoms with van der Waals surface area (Å²) in [4.78, 5) is 14.1. The lowest BCUT2D eigenvalue weighted by Gasteiger charge is -2.23. The zero-order chi connectivity index (χ0) is 13.5. The summed E-state index contributed by atoms with van der Waals surface area (Å²) in [5.74, 6) is -0.446. The molecule has 0 aromatic carbocycles. The van der Waals surface area contributed by atoms with Crippen LogP contribution < -0.4 is 0 Å². The second-order valence-electron chi connectivity index (χ2n) is 3.73. The molecular formula is C11H14N4O3. The molecule has 0 radical (unpaired) electrons. The number of aliphatic carboxylic acids is 1. The third-order valence-corrected chi connectivity index (χ3v) is 2.57. The molecule has 0 saturated carbocycles. The number of methoxy groups -OCH3 is 1. The van der Waals surface area contributed by atoms with Crippen molar-refractivity contribution < 1.29 is 14.6 Å². The minimum absolute atomic E-state index is 0.0186. The van der Waals surface area contributed by atoms with E-state index < -0.39 is 5.97 Å². The molecule has 96 valence electrons. The maximum Gasteiger partial charge on any atom is 0.305 e. The molecule has 0 unspecified atom stereocenters. The fourth-order valence-electron chi connectivity index (χ4n) is 1.82. The van der Waals surface area contributed by atoms with E-state index in [1.54, 1.807) is 9.80 Å². The molecule has 1 N–H and O–H groups in total. The number of nitrogens with zero attached hydrogens (tertiary/aromatic N) is 4. The van der Waals surface area contributed by atoms with Gasteiger partial charge in [0.15, 0.2) is 5.57 Å². The normalized spacial score (nSPS) is 14.3. The lowest BCUT2D eigenvalue weighted by atomic mass is 10.3. The van der Waals surface area contributed by atoms with Crippen LogP contribution in [0.4, 0.5) is 0 Å². The van der Waals surface area contributed by atoms with E-state index in [1.165, 1.54) is 7.11 Å². The highest BCUT2D eigenvalue weighted by Gasteiger charge is 2.28. The Balaban J connectivity index is 2.92. The highest BCUT2D eigenvalue weighted by atomic mass is 16.5. The van der Waals surface area contributed by atoms with E-state index in [0.29, 0.717) is 18.9 Å². The molecule has 18 heavy (non-hydrogen) atoms. The number of carbonyl (C=O) groups is 1. The molecule has 0 atom stereocenters. The van der Waals surface area contributed by atoms with Gasteiger partial charge in [0.2, 0.25) is 0 Å². The van der Waals surface area contributed by atoms with Crippen molar-refractivity contribution >= 4 is 5.97 Å². The van der Waals surface area contributed by atoms with Gasteiger partial charge in [0.05, 0.1) is 6.42 Å². The Hall–Kier alpha value is -2.25. The second kappa shape index (κ2) is 6.48. The monoisotopic (exact) mass is 250 g/mol. The van der Waals surface area contributed by atoms with Crippen LogP contribution in [-0.2, 0) is 9.53 Å². The molecule has 0 aliphatic carbocycles. The third-order valence-electron chi connectivity index (χ3n) is 2.57. The number of carboxylic acids is 1. The number of ether oxygens (including phenoxy) is 1. The van der Waals surface area contributed by atoms with Gasteiger partial charge in [-0.1, -0.05) is 0 Å². The van der Waals surface area contributed by atoms with Gasteiger partial charge in [-0.25, -0.2) is 0 Å². The van der Waals surface area contributed by atoms with Gasteiger partial charge >= 0.3 is 5.97 Å². The van der Waals surface area contributed by atoms with E-state index in [4.69, 9.17) is 20.4 Å². The Morgan fingerprint density at radius 2 is 2.00 bits per heavy atom. The van der Waals surface area contributed by atoms with Crippen molar-refractivity contribution in [3.8, 4) is 12.1 Å². The predicted octanol–water partition coefficient (Wildman–Crippen LogP) is -0.0586. The summed E-state index contributed by atoms with van der Waals surface area (Å²) in [6.07, 6.45) is -0.0333. The largest absolute Gasteiger partial charge is 0.481 e. The van der Waals surface area contributed by atoms with Gasteiger partial charge in [-0.2, -0.15) is 10.5 Å². The molecule has 0 aromatic heterocycles. The van der Waals surface area contributed by atoms with Crippen molar-refractivity contribution in [2.45, 2.75) is 6.42 Å². The quantitative estimate of drug-likeness (QED) is 0.682. The molecule has 1 rings (SSSR count). The Bertz CT molecular complexity index is 417. The number of allylic oxidation sites excluding steroid dienone is 1. The number of hydrogen-bond acceptors (Lipinski definition) is 6. The molecule has 1 aliphatic heterocycles. The Morgan fingerprint density at radius 3 is 2.50 bits per heavy atom. The molecule has 0 aromatic rings. The third kappa shape index (κ3) is 3.12. The number of nitriles is 2. The molecule has 1 fully saturated rings. The summed E-state index contributed by atoms with van der Waals surface area (Å²) in [6.45, 7) is 1.73. The molecule has 0 amide bonds. The van der Waals surface area contributed by atoms with Crippen LogP contribution in [0.25, 0.3) is 0 Å². The molecule has 1 aliphatic rings. The minimum Gasteiger partial charge on any atom is -0.481 e. The van der Waals surface area contributed by atoms with Crippen LogP contribution in [0.15, 0.2) is 11.4 Å². The van der Waals surface area contributed by atoms with Gasteiger partial charge in [0.1, 0.15) is 24.7 Å². The number of hydrogen-bond donors (Lipinski definition) is 1. The summed E-state index contributed by atoms with van der Waals surface area (Å²) in [7, 11) is 1.52. The van der Waals surface area contributed by atoms with Crippen molar-refractivity contribution in [2.75, 3.05) is 33.5 Å². The zero-order valence-electron chi connectivity index (χ0n) is 10.1. The van der Waals surface area contributed by atoms with Gasteiger partial charge in [-0.3, -0.25) is 4.79 Å². The summed E-state index contributed by atoms with van der Waals surface area (Å²) in [5.41, 5.74) is -0.0186. The summed E-state index contributed by atoms with van der Waals surface area (Å²) in [5, 5.41) is 26.5. The Labute approximate surface area is 105 Å². The molecule has 1 heterocycles. The summed E-state index contributed by atoms with van der Waals surface area (Å²) >= 11 is 0. The van der Waals surface area contributed by atoms with Gasteiger partial charge in [0, 0.05) is 26.7 Å². The average molecular weight is 250 g/mol. The standard InChI is InChI=1S/C11H14N4O3/c1-18-8-15-5-4-14(3-2-10(16)17)11(15)9(6-12)7-13/h2-5,8H2,1H3,(H,16,17). The zero-order valence-corrected chi connectivity index (χ0v) is 10.1. The van der Waals surface area contributed by atoms with Crippen LogP contribution in [0, 0.1) is 22.7 Å². The maximum atomic E-state index is 10.6. The SMILES string of the molecule is COCN1CCN(CCC(=O)O)C1=C(C#N)C#N. The van der Waals surface area contributed by atoms with Crippen LogP contribution in [0.2, 0.25) is 0 Å². The number of carboxylic acid groups (broad SMARTS) is 1. The first kappa shape index (κ1) is 13.8. The predicted molar refractivity (Wildman–Crippen MR) is 60.7 cm³/mol. The van der Waals surface area contributed by atoms with E-state index >= 15 is 0 Å². The first-order valence-electron chi connectivity index (χ1n) is 5.39. The van der Waals surface area contributed by atoms with Gasteiger partial charge in [0.25, 0.3) is 0 Å². The van der Waals surface area contributed by atoms with E-state index in [9.17, 15) is 4.79 Å². The average Bonchev–Trinajstić information content (AvgIpc) is 2.73. The second-order valence-corrected chi connectivity index (χ2v) is 3.73. The molecular weight excluding hydrogens is 236 g/mol. The van der Waals surface area contributed by atoms with Gasteiger partial charge in [-0.05, 0) is 0 Å². The first-order chi connectivity index (χ1) is 8.63. The van der Waals surface area contributed by atoms with Crippen molar-refractivity contribution in [3.63, 3.8) is 0 Å². The highest BCUT2D eigenvalue weighted by Crippen LogP contribution is 2.21. The van der Waals surface area contributed by atoms with Crippen molar-refractivity contribution in [3.05, 3.63) is 11.4 Å². The lowest BCUT2D eigenvalue weighted by molar-refractivity contribution is -0.137. The fraction of sp³-hybridized carbons (Fsp3) is 0.545. The van der Waals surface area contributed by atoms with Crippen LogP contribution >= 0.6 is 0 Å².